The number of carbonyl (C=O) groups excluding carboxylic acids is 1. The maximum Gasteiger partial charge on any atom is 0.261 e. The Morgan fingerprint density at radius 1 is 1.29 bits per heavy atom. The molecular formula is C21H27N3O4. The largest absolute Gasteiger partial charge is 0.492 e. The van der Waals surface area contributed by atoms with Gasteiger partial charge < -0.3 is 19.8 Å². The Kier molecular flexibility index (Phi) is 6.84. The lowest BCUT2D eigenvalue weighted by Gasteiger charge is -2.26. The third-order valence-electron chi connectivity index (χ3n) is 4.82. The number of rotatable bonds is 7. The molecule has 1 aromatic carbocycles. The molecule has 1 aromatic heterocycles. The van der Waals surface area contributed by atoms with Gasteiger partial charge in [0, 0.05) is 37.1 Å². The molecule has 0 saturated carbocycles. The van der Waals surface area contributed by atoms with Gasteiger partial charge >= 0.3 is 0 Å². The number of carbonyl (C=O) groups is 1. The molecule has 0 aliphatic carbocycles. The van der Waals surface area contributed by atoms with E-state index in [0.29, 0.717) is 24.5 Å². The van der Waals surface area contributed by atoms with Crippen LogP contribution in [0.15, 0.2) is 35.1 Å². The maximum atomic E-state index is 12.5. The van der Waals surface area contributed by atoms with Crippen molar-refractivity contribution in [3.63, 3.8) is 0 Å². The van der Waals surface area contributed by atoms with Gasteiger partial charge in [0.2, 0.25) is 0 Å². The van der Waals surface area contributed by atoms with Crippen molar-refractivity contribution >= 4 is 11.6 Å². The van der Waals surface area contributed by atoms with Crippen LogP contribution >= 0.6 is 0 Å². The maximum absolute atomic E-state index is 12.5. The SMILES string of the molecule is CCc1[nH]c(=O)c(C(=O)Nc2cccc(OCCN3CCOCC3)c2)cc1C. The number of anilines is 1. The van der Waals surface area contributed by atoms with Crippen LogP contribution in [0.5, 0.6) is 5.75 Å². The van der Waals surface area contributed by atoms with E-state index in [2.05, 4.69) is 15.2 Å². The van der Waals surface area contributed by atoms with E-state index in [9.17, 15) is 9.59 Å². The number of nitrogens with zero attached hydrogens (tertiary/aromatic N) is 1. The number of hydrogen-bond donors (Lipinski definition) is 2. The molecule has 1 saturated heterocycles. The lowest BCUT2D eigenvalue weighted by atomic mass is 10.1. The molecule has 150 valence electrons. The number of H-pyrrole nitrogens is 1. The van der Waals surface area contributed by atoms with Gasteiger partial charge in [0.15, 0.2) is 0 Å². The van der Waals surface area contributed by atoms with Gasteiger partial charge in [0.1, 0.15) is 17.9 Å². The predicted octanol–water partition coefficient (Wildman–Crippen LogP) is 2.21. The van der Waals surface area contributed by atoms with Crippen LogP contribution in [0.4, 0.5) is 5.69 Å². The highest BCUT2D eigenvalue weighted by Crippen LogP contribution is 2.18. The van der Waals surface area contributed by atoms with Crippen LogP contribution in [-0.2, 0) is 11.2 Å². The summed E-state index contributed by atoms with van der Waals surface area (Å²) in [5.74, 6) is 0.245. The first-order valence-electron chi connectivity index (χ1n) is 9.64. The number of pyridine rings is 1. The van der Waals surface area contributed by atoms with Crippen molar-refractivity contribution in [1.29, 1.82) is 0 Å². The summed E-state index contributed by atoms with van der Waals surface area (Å²) in [5.41, 5.74) is 2.06. The Labute approximate surface area is 164 Å². The topological polar surface area (TPSA) is 83.7 Å². The van der Waals surface area contributed by atoms with Gasteiger partial charge in [-0.2, -0.15) is 0 Å². The monoisotopic (exact) mass is 385 g/mol. The number of aromatic amines is 1. The van der Waals surface area contributed by atoms with Gasteiger partial charge in [-0.15, -0.1) is 0 Å². The summed E-state index contributed by atoms with van der Waals surface area (Å²) >= 11 is 0. The van der Waals surface area contributed by atoms with Crippen LogP contribution in [0, 0.1) is 6.92 Å². The average Bonchev–Trinajstić information content (AvgIpc) is 2.70. The van der Waals surface area contributed by atoms with Crippen molar-refractivity contribution in [2.45, 2.75) is 20.3 Å². The van der Waals surface area contributed by atoms with E-state index in [1.54, 1.807) is 18.2 Å². The summed E-state index contributed by atoms with van der Waals surface area (Å²) in [6, 6.07) is 8.83. The minimum atomic E-state index is -0.433. The molecule has 0 radical (unpaired) electrons. The zero-order valence-electron chi connectivity index (χ0n) is 16.4. The van der Waals surface area contributed by atoms with Crippen molar-refractivity contribution in [1.82, 2.24) is 9.88 Å². The van der Waals surface area contributed by atoms with Gasteiger partial charge in [-0.3, -0.25) is 14.5 Å². The van der Waals surface area contributed by atoms with Crippen LogP contribution in [-0.4, -0.2) is 55.2 Å². The number of nitrogens with one attached hydrogen (secondary N) is 2. The fraction of sp³-hybridized carbons (Fsp3) is 0.429. The van der Waals surface area contributed by atoms with Gasteiger partial charge in [-0.05, 0) is 37.1 Å². The van der Waals surface area contributed by atoms with Crippen LogP contribution in [0.25, 0.3) is 0 Å². The fourth-order valence-corrected chi connectivity index (χ4v) is 3.19. The number of amides is 1. The first kappa shape index (κ1) is 20.1. The number of aryl methyl sites for hydroxylation is 2. The van der Waals surface area contributed by atoms with E-state index in [0.717, 1.165) is 44.1 Å². The fourth-order valence-electron chi connectivity index (χ4n) is 3.19. The Hall–Kier alpha value is -2.64. The highest BCUT2D eigenvalue weighted by molar-refractivity contribution is 6.04. The summed E-state index contributed by atoms with van der Waals surface area (Å²) in [4.78, 5) is 29.8. The number of ether oxygens (including phenoxy) is 2. The molecule has 3 rings (SSSR count). The molecule has 0 bridgehead atoms. The van der Waals surface area contributed by atoms with E-state index < -0.39 is 5.91 Å². The van der Waals surface area contributed by atoms with Crippen molar-refractivity contribution in [2.75, 3.05) is 44.8 Å². The second-order valence-corrected chi connectivity index (χ2v) is 6.81. The Morgan fingerprint density at radius 3 is 2.82 bits per heavy atom. The van der Waals surface area contributed by atoms with Gasteiger partial charge in [-0.25, -0.2) is 0 Å². The molecule has 7 heteroatoms. The van der Waals surface area contributed by atoms with Gasteiger partial charge in [0.25, 0.3) is 11.5 Å². The number of morpholine rings is 1. The van der Waals surface area contributed by atoms with E-state index in [-0.39, 0.29) is 11.1 Å². The molecule has 2 N–H and O–H groups in total. The third-order valence-corrected chi connectivity index (χ3v) is 4.82. The average molecular weight is 385 g/mol. The zero-order valence-corrected chi connectivity index (χ0v) is 16.4. The van der Waals surface area contributed by atoms with Crippen LogP contribution in [0.1, 0.15) is 28.5 Å². The molecule has 1 aliphatic heterocycles. The molecule has 28 heavy (non-hydrogen) atoms. The van der Waals surface area contributed by atoms with Gasteiger partial charge in [0.05, 0.1) is 13.2 Å². The first-order chi connectivity index (χ1) is 13.6. The molecule has 0 spiro atoms. The van der Waals surface area contributed by atoms with Crippen molar-refractivity contribution < 1.29 is 14.3 Å². The summed E-state index contributed by atoms with van der Waals surface area (Å²) < 4.78 is 11.1. The minimum Gasteiger partial charge on any atom is -0.492 e. The minimum absolute atomic E-state index is 0.105. The predicted molar refractivity (Wildman–Crippen MR) is 108 cm³/mol. The summed E-state index contributed by atoms with van der Waals surface area (Å²) in [7, 11) is 0. The summed E-state index contributed by atoms with van der Waals surface area (Å²) in [6.07, 6.45) is 0.715. The molecule has 2 heterocycles. The van der Waals surface area contributed by atoms with E-state index in [4.69, 9.17) is 9.47 Å². The third kappa shape index (κ3) is 5.21. The van der Waals surface area contributed by atoms with Crippen LogP contribution < -0.4 is 15.6 Å². The quantitative estimate of drug-likeness (QED) is 0.764. The molecule has 1 fully saturated rings. The summed E-state index contributed by atoms with van der Waals surface area (Å²) in [5, 5.41) is 2.78. The normalized spacial score (nSPS) is 14.6. The Morgan fingerprint density at radius 2 is 2.07 bits per heavy atom. The molecule has 2 aromatic rings. The zero-order chi connectivity index (χ0) is 19.9. The molecule has 7 nitrogen and oxygen atoms in total. The number of hydrogen-bond acceptors (Lipinski definition) is 5. The first-order valence-corrected chi connectivity index (χ1v) is 9.64. The van der Waals surface area contributed by atoms with E-state index in [1.807, 2.05) is 26.0 Å². The molecular weight excluding hydrogens is 358 g/mol. The summed E-state index contributed by atoms with van der Waals surface area (Å²) in [6.45, 7) is 8.61. The standard InChI is InChI=1S/C21H27N3O4/c1-3-19-15(2)13-18(21(26)23-19)20(25)22-16-5-4-6-17(14-16)28-12-9-24-7-10-27-11-8-24/h4-6,13-14H,3,7-12H2,1-2H3,(H,22,25)(H,23,26). The van der Waals surface area contributed by atoms with Crippen LogP contribution in [0.3, 0.4) is 0 Å². The smallest absolute Gasteiger partial charge is 0.261 e. The van der Waals surface area contributed by atoms with Crippen molar-refractivity contribution in [2.24, 2.45) is 0 Å². The highest BCUT2D eigenvalue weighted by atomic mass is 16.5. The Balaban J connectivity index is 1.60. The second kappa shape index (κ2) is 9.52. The molecule has 1 amide bonds. The molecule has 0 unspecified atom stereocenters. The number of aromatic nitrogens is 1. The van der Waals surface area contributed by atoms with Crippen LogP contribution in [0.2, 0.25) is 0 Å². The van der Waals surface area contributed by atoms with E-state index in [1.165, 1.54) is 0 Å². The lowest BCUT2D eigenvalue weighted by Crippen LogP contribution is -2.38. The highest BCUT2D eigenvalue weighted by Gasteiger charge is 2.14. The number of benzene rings is 1. The molecule has 1 aliphatic rings. The van der Waals surface area contributed by atoms with Crippen molar-refractivity contribution in [3.8, 4) is 5.75 Å². The van der Waals surface area contributed by atoms with E-state index >= 15 is 0 Å². The Bertz CT molecular complexity index is 872. The van der Waals surface area contributed by atoms with Gasteiger partial charge in [-0.1, -0.05) is 13.0 Å². The second-order valence-electron chi connectivity index (χ2n) is 6.81. The molecule has 0 atom stereocenters. The van der Waals surface area contributed by atoms with Crippen molar-refractivity contribution in [3.05, 3.63) is 57.5 Å². The lowest BCUT2D eigenvalue weighted by molar-refractivity contribution is 0.0322.